The van der Waals surface area contributed by atoms with Crippen LogP contribution in [0.25, 0.3) is 0 Å². The Morgan fingerprint density at radius 2 is 1.16 bits per heavy atom. The SMILES string of the molecule is CC(C)C[C@H](NC(=O)[C@H](Cc1ccccc1)NC(=O)[C@@H](NC(=O)[C@H](CC(C)C)NC(=O)[C@H](CCC(N)=O)NC(=O)[C@@H](N)CCCN=C(N)N)C(C)C)C(=O)O. The van der Waals surface area contributed by atoms with Crippen LogP contribution >= 0.6 is 0 Å². The average molecular weight is 775 g/mol. The fraction of sp³-hybridized carbons (Fsp3) is 0.622. The number of carboxylic acids is 1. The summed E-state index contributed by atoms with van der Waals surface area (Å²) in [6, 6.07) is 1.79. The number of carbonyl (C=O) groups excluding carboxylic acids is 6. The Labute approximate surface area is 323 Å². The molecule has 0 radical (unpaired) electrons. The number of amides is 6. The Bertz CT molecular complexity index is 1470. The number of carboxylic acid groups (broad SMARTS) is 1. The van der Waals surface area contributed by atoms with Gasteiger partial charge in [-0.15, -0.1) is 0 Å². The van der Waals surface area contributed by atoms with Crippen molar-refractivity contribution in [1.82, 2.24) is 26.6 Å². The Kier molecular flexibility index (Phi) is 21.0. The van der Waals surface area contributed by atoms with E-state index >= 15 is 0 Å². The lowest BCUT2D eigenvalue weighted by Crippen LogP contribution is -2.60. The molecule has 55 heavy (non-hydrogen) atoms. The monoisotopic (exact) mass is 774 g/mol. The van der Waals surface area contributed by atoms with Crippen molar-refractivity contribution in [3.63, 3.8) is 0 Å². The highest BCUT2D eigenvalue weighted by Crippen LogP contribution is 2.12. The van der Waals surface area contributed by atoms with Gasteiger partial charge in [0.2, 0.25) is 35.4 Å². The van der Waals surface area contributed by atoms with E-state index in [1.807, 2.05) is 27.7 Å². The molecule has 18 heteroatoms. The van der Waals surface area contributed by atoms with Crippen LogP contribution in [0.15, 0.2) is 35.3 Å². The van der Waals surface area contributed by atoms with Crippen molar-refractivity contribution in [3.05, 3.63) is 35.9 Å². The molecule has 0 saturated heterocycles. The second-order valence-corrected chi connectivity index (χ2v) is 14.8. The first-order chi connectivity index (χ1) is 25.7. The Morgan fingerprint density at radius 1 is 0.655 bits per heavy atom. The zero-order chi connectivity index (χ0) is 41.8. The molecule has 0 unspecified atom stereocenters. The number of hydrogen-bond acceptors (Lipinski definition) is 9. The highest BCUT2D eigenvalue weighted by Gasteiger charge is 2.34. The van der Waals surface area contributed by atoms with Crippen molar-refractivity contribution in [1.29, 1.82) is 0 Å². The van der Waals surface area contributed by atoms with Gasteiger partial charge in [0.25, 0.3) is 0 Å². The molecule has 0 saturated carbocycles. The summed E-state index contributed by atoms with van der Waals surface area (Å²) in [5.41, 5.74) is 22.7. The molecule has 308 valence electrons. The summed E-state index contributed by atoms with van der Waals surface area (Å²) in [7, 11) is 0. The number of nitrogens with zero attached hydrogens (tertiary/aromatic N) is 1. The zero-order valence-corrected chi connectivity index (χ0v) is 32.8. The molecule has 18 nitrogen and oxygen atoms in total. The Hall–Kier alpha value is -5.26. The fourth-order valence-corrected chi connectivity index (χ4v) is 5.53. The first-order valence-corrected chi connectivity index (χ1v) is 18.6. The van der Waals surface area contributed by atoms with E-state index in [-0.39, 0.29) is 62.9 Å². The summed E-state index contributed by atoms with van der Waals surface area (Å²) in [6.07, 6.45) is 0.482. The largest absolute Gasteiger partial charge is 0.480 e. The number of guanidine groups is 1. The van der Waals surface area contributed by atoms with Crippen LogP contribution in [0.2, 0.25) is 0 Å². The summed E-state index contributed by atoms with van der Waals surface area (Å²) >= 11 is 0. The molecule has 0 spiro atoms. The van der Waals surface area contributed by atoms with Crippen molar-refractivity contribution in [2.75, 3.05) is 6.54 Å². The molecule has 1 aromatic rings. The third-order valence-corrected chi connectivity index (χ3v) is 8.44. The maximum absolute atomic E-state index is 13.8. The molecular formula is C37H62N10O8. The van der Waals surface area contributed by atoms with Gasteiger partial charge in [-0.2, -0.15) is 0 Å². The van der Waals surface area contributed by atoms with Gasteiger partial charge in [-0.1, -0.05) is 71.9 Å². The third-order valence-electron chi connectivity index (χ3n) is 8.44. The van der Waals surface area contributed by atoms with Crippen LogP contribution in [-0.2, 0) is 40.0 Å². The molecule has 6 atom stereocenters. The molecule has 0 fully saturated rings. The molecule has 6 amide bonds. The topological polar surface area (TPSA) is 316 Å². The second-order valence-electron chi connectivity index (χ2n) is 14.8. The number of rotatable bonds is 25. The molecule has 1 rings (SSSR count). The molecule has 0 aliphatic carbocycles. The zero-order valence-electron chi connectivity index (χ0n) is 32.8. The van der Waals surface area contributed by atoms with Crippen LogP contribution in [-0.4, -0.2) is 95.3 Å². The summed E-state index contributed by atoms with van der Waals surface area (Å²) in [6.45, 7) is 10.9. The van der Waals surface area contributed by atoms with Gasteiger partial charge in [-0.25, -0.2) is 4.79 Å². The fourth-order valence-electron chi connectivity index (χ4n) is 5.53. The number of nitrogens with two attached hydrogens (primary N) is 4. The van der Waals surface area contributed by atoms with Gasteiger partial charge in [-0.3, -0.25) is 33.8 Å². The Balaban J connectivity index is 3.26. The van der Waals surface area contributed by atoms with Crippen molar-refractivity contribution < 1.29 is 38.7 Å². The lowest BCUT2D eigenvalue weighted by molar-refractivity contribution is -0.142. The van der Waals surface area contributed by atoms with E-state index in [2.05, 4.69) is 31.6 Å². The maximum Gasteiger partial charge on any atom is 0.326 e. The average Bonchev–Trinajstić information content (AvgIpc) is 3.09. The van der Waals surface area contributed by atoms with Gasteiger partial charge >= 0.3 is 5.97 Å². The molecule has 0 aliphatic heterocycles. The molecule has 0 heterocycles. The van der Waals surface area contributed by atoms with Crippen LogP contribution in [0, 0.1) is 17.8 Å². The van der Waals surface area contributed by atoms with Gasteiger partial charge in [0.1, 0.15) is 30.2 Å². The predicted molar refractivity (Wildman–Crippen MR) is 207 cm³/mol. The summed E-state index contributed by atoms with van der Waals surface area (Å²) in [4.78, 5) is 95.0. The Morgan fingerprint density at radius 3 is 1.69 bits per heavy atom. The molecule has 0 bridgehead atoms. The molecular weight excluding hydrogens is 712 g/mol. The van der Waals surface area contributed by atoms with Gasteiger partial charge in [0, 0.05) is 19.4 Å². The van der Waals surface area contributed by atoms with Crippen molar-refractivity contribution in [3.8, 4) is 0 Å². The van der Waals surface area contributed by atoms with Crippen molar-refractivity contribution in [2.45, 2.75) is 123 Å². The standard InChI is InChI=1S/C37H62N10O8/c1-20(2)17-26(44-32(50)25(14-15-29(39)48)43-31(49)24(38)13-10-16-42-37(40)41)34(52)47-30(22(5)6)35(53)45-27(19-23-11-8-7-9-12-23)33(51)46-28(36(54)55)18-21(3)4/h7-9,11-12,20-22,24-28,30H,10,13-19,38H2,1-6H3,(H2,39,48)(H,43,49)(H,44,50)(H,45,53)(H,46,51)(H,47,52)(H,54,55)(H4,40,41,42)/t24-,25-,26-,27-,28-,30-/m0/s1. The lowest BCUT2D eigenvalue weighted by atomic mass is 9.98. The van der Waals surface area contributed by atoms with Crippen molar-refractivity contribution in [2.24, 2.45) is 45.7 Å². The number of aliphatic carboxylic acids is 1. The lowest BCUT2D eigenvalue weighted by Gasteiger charge is -2.29. The molecule has 0 aromatic heterocycles. The quantitative estimate of drug-likeness (QED) is 0.0331. The summed E-state index contributed by atoms with van der Waals surface area (Å²) < 4.78 is 0. The summed E-state index contributed by atoms with van der Waals surface area (Å²) in [5, 5.41) is 22.9. The predicted octanol–water partition coefficient (Wildman–Crippen LogP) is -0.868. The number of aliphatic imine (C=N–C) groups is 1. The molecule has 1 aromatic carbocycles. The van der Waals surface area contributed by atoms with E-state index in [1.54, 1.807) is 44.2 Å². The minimum atomic E-state index is -1.28. The minimum absolute atomic E-state index is 0.0373. The van der Waals surface area contributed by atoms with Crippen LogP contribution in [0.4, 0.5) is 0 Å². The maximum atomic E-state index is 13.8. The first kappa shape index (κ1) is 47.8. The van der Waals surface area contributed by atoms with E-state index in [4.69, 9.17) is 22.9 Å². The number of primary amides is 1. The molecule has 0 aliphatic rings. The van der Waals surface area contributed by atoms with Crippen molar-refractivity contribution >= 4 is 47.4 Å². The van der Waals surface area contributed by atoms with E-state index < -0.39 is 83.6 Å². The highest BCUT2D eigenvalue weighted by atomic mass is 16.4. The highest BCUT2D eigenvalue weighted by molar-refractivity contribution is 5.96. The summed E-state index contributed by atoms with van der Waals surface area (Å²) in [5.74, 6) is -6.26. The number of carbonyl (C=O) groups is 7. The van der Waals surface area contributed by atoms with E-state index in [0.717, 1.165) is 0 Å². The molecule has 14 N–H and O–H groups in total. The first-order valence-electron chi connectivity index (χ1n) is 18.6. The van der Waals surface area contributed by atoms with E-state index in [1.165, 1.54) is 0 Å². The number of nitrogens with one attached hydrogen (secondary N) is 5. The van der Waals surface area contributed by atoms with E-state index in [9.17, 15) is 38.7 Å². The van der Waals surface area contributed by atoms with Crippen LogP contribution in [0.3, 0.4) is 0 Å². The minimum Gasteiger partial charge on any atom is -0.480 e. The third kappa shape index (κ3) is 19.1. The van der Waals surface area contributed by atoms with Gasteiger partial charge < -0.3 is 54.6 Å². The van der Waals surface area contributed by atoms with Gasteiger partial charge in [-0.05, 0) is 55.4 Å². The van der Waals surface area contributed by atoms with Gasteiger partial charge in [0.05, 0.1) is 6.04 Å². The van der Waals surface area contributed by atoms with Crippen LogP contribution in [0.5, 0.6) is 0 Å². The second kappa shape index (κ2) is 24.2. The number of hydrogen-bond donors (Lipinski definition) is 10. The van der Waals surface area contributed by atoms with Gasteiger partial charge in [0.15, 0.2) is 5.96 Å². The van der Waals surface area contributed by atoms with E-state index in [0.29, 0.717) is 12.0 Å². The smallest absolute Gasteiger partial charge is 0.326 e. The normalized spacial score (nSPS) is 14.4. The number of benzene rings is 1. The van der Waals surface area contributed by atoms with Crippen LogP contribution < -0.4 is 49.5 Å². The van der Waals surface area contributed by atoms with Crippen LogP contribution in [0.1, 0.15) is 85.6 Å².